The zero-order valence-electron chi connectivity index (χ0n) is 13.0. The highest BCUT2D eigenvalue weighted by Gasteiger charge is 2.37. The summed E-state index contributed by atoms with van der Waals surface area (Å²) in [7, 11) is 2.30. The summed E-state index contributed by atoms with van der Waals surface area (Å²) < 4.78 is 15.5. The Hall–Kier alpha value is -1.71. The highest BCUT2D eigenvalue weighted by Crippen LogP contribution is 2.23. The number of ether oxygens (including phenoxy) is 3. The maximum absolute atomic E-state index is 11.3. The van der Waals surface area contributed by atoms with Gasteiger partial charge in [0, 0.05) is 13.5 Å². The van der Waals surface area contributed by atoms with Crippen LogP contribution in [0.5, 0.6) is 5.75 Å². The average molecular weight is 330 g/mol. The van der Waals surface area contributed by atoms with Gasteiger partial charge in [-0.1, -0.05) is 0 Å². The number of hydrogen-bond acceptors (Lipinski definition) is 8. The molecule has 0 bridgehead atoms. The normalized spacial score (nSPS) is 26.7. The second-order valence-corrected chi connectivity index (χ2v) is 4.71. The van der Waals surface area contributed by atoms with E-state index in [0.717, 1.165) is 7.11 Å². The molecule has 1 aliphatic heterocycles. The van der Waals surface area contributed by atoms with E-state index < -0.39 is 37.2 Å². The van der Waals surface area contributed by atoms with Crippen LogP contribution in [0.25, 0.3) is 0 Å². The van der Waals surface area contributed by atoms with Crippen molar-refractivity contribution in [1.82, 2.24) is 0 Å². The largest absolute Gasteiger partial charge is 0.465 e. The van der Waals surface area contributed by atoms with Crippen LogP contribution >= 0.6 is 0 Å². The van der Waals surface area contributed by atoms with E-state index in [1.165, 1.54) is 7.11 Å². The lowest BCUT2D eigenvalue weighted by atomic mass is 10.0. The molecule has 1 unspecified atom stereocenters. The van der Waals surface area contributed by atoms with Crippen LogP contribution in [-0.2, 0) is 9.47 Å². The molecule has 0 amide bonds. The van der Waals surface area contributed by atoms with Crippen molar-refractivity contribution in [1.29, 1.82) is 0 Å². The molecule has 0 saturated carbocycles. The zero-order chi connectivity index (χ0) is 17.4. The number of rotatable bonds is 4. The Morgan fingerprint density at radius 3 is 2.39 bits per heavy atom. The van der Waals surface area contributed by atoms with E-state index in [9.17, 15) is 15.0 Å². The van der Waals surface area contributed by atoms with Crippen molar-refractivity contribution in [3.05, 3.63) is 29.8 Å². The fourth-order valence-electron chi connectivity index (χ4n) is 2.08. The van der Waals surface area contributed by atoms with Gasteiger partial charge in [0.15, 0.2) is 0 Å². The monoisotopic (exact) mass is 330 g/mol. The minimum absolute atomic E-state index is 0.0798. The Morgan fingerprint density at radius 1 is 1.26 bits per heavy atom. The quantitative estimate of drug-likeness (QED) is 0.534. The summed E-state index contributed by atoms with van der Waals surface area (Å²) in [6, 6.07) is 6.22. The molecule has 1 heterocycles. The van der Waals surface area contributed by atoms with Gasteiger partial charge in [0.2, 0.25) is 6.29 Å². The molecule has 2 rings (SSSR count). The minimum Gasteiger partial charge on any atom is -0.465 e. The SMILES string of the molecule is CO.COC(=O)c1ccc(O[C@H]2C[C@@H](O)[C@H](O)C(CO)O2)cc1. The molecular formula is C15H22O8. The van der Waals surface area contributed by atoms with Crippen LogP contribution in [0.1, 0.15) is 16.8 Å². The van der Waals surface area contributed by atoms with Gasteiger partial charge in [0.1, 0.15) is 18.0 Å². The molecule has 4 N–H and O–H groups in total. The molecule has 130 valence electrons. The smallest absolute Gasteiger partial charge is 0.337 e. The lowest BCUT2D eigenvalue weighted by Gasteiger charge is -2.36. The molecule has 1 aliphatic rings. The first-order valence-corrected chi connectivity index (χ1v) is 6.97. The second kappa shape index (κ2) is 9.43. The second-order valence-electron chi connectivity index (χ2n) is 4.71. The molecule has 0 aromatic heterocycles. The summed E-state index contributed by atoms with van der Waals surface area (Å²) >= 11 is 0. The number of esters is 1. The predicted molar refractivity (Wildman–Crippen MR) is 78.9 cm³/mol. The van der Waals surface area contributed by atoms with E-state index in [1.807, 2.05) is 0 Å². The molecule has 4 atom stereocenters. The number of aliphatic hydroxyl groups excluding tert-OH is 4. The maximum atomic E-state index is 11.3. The fourth-order valence-corrected chi connectivity index (χ4v) is 2.08. The summed E-state index contributed by atoms with van der Waals surface area (Å²) in [5.74, 6) is -0.0118. The Balaban J connectivity index is 0.00000127. The third-order valence-corrected chi connectivity index (χ3v) is 3.26. The summed E-state index contributed by atoms with van der Waals surface area (Å²) in [6.07, 6.45) is -3.78. The molecular weight excluding hydrogens is 308 g/mol. The summed E-state index contributed by atoms with van der Waals surface area (Å²) in [5, 5.41) is 35.4. The van der Waals surface area contributed by atoms with Gasteiger partial charge >= 0.3 is 5.97 Å². The van der Waals surface area contributed by atoms with Crippen molar-refractivity contribution in [2.24, 2.45) is 0 Å². The van der Waals surface area contributed by atoms with Crippen molar-refractivity contribution in [3.63, 3.8) is 0 Å². The minimum atomic E-state index is -1.14. The van der Waals surface area contributed by atoms with Gasteiger partial charge in [0.25, 0.3) is 0 Å². The molecule has 1 aromatic carbocycles. The van der Waals surface area contributed by atoms with Gasteiger partial charge < -0.3 is 34.6 Å². The van der Waals surface area contributed by atoms with Gasteiger partial charge in [0.05, 0.1) is 25.4 Å². The van der Waals surface area contributed by atoms with Gasteiger partial charge in [-0.05, 0) is 24.3 Å². The van der Waals surface area contributed by atoms with Crippen molar-refractivity contribution in [2.75, 3.05) is 20.8 Å². The molecule has 8 nitrogen and oxygen atoms in total. The molecule has 0 spiro atoms. The van der Waals surface area contributed by atoms with Crippen LogP contribution in [0.3, 0.4) is 0 Å². The number of benzene rings is 1. The van der Waals surface area contributed by atoms with Crippen LogP contribution in [0.4, 0.5) is 0 Å². The number of hydrogen-bond donors (Lipinski definition) is 4. The topological polar surface area (TPSA) is 126 Å². The first-order chi connectivity index (χ1) is 11.0. The highest BCUT2D eigenvalue weighted by molar-refractivity contribution is 5.89. The first-order valence-electron chi connectivity index (χ1n) is 6.97. The van der Waals surface area contributed by atoms with Crippen molar-refractivity contribution >= 4 is 5.97 Å². The molecule has 0 aliphatic carbocycles. The van der Waals surface area contributed by atoms with Gasteiger partial charge in [-0.2, -0.15) is 0 Å². The predicted octanol–water partition coefficient (Wildman–Crippen LogP) is -0.710. The van der Waals surface area contributed by atoms with Crippen LogP contribution in [-0.4, -0.2) is 71.8 Å². The number of carbonyl (C=O) groups is 1. The molecule has 23 heavy (non-hydrogen) atoms. The third-order valence-electron chi connectivity index (χ3n) is 3.26. The highest BCUT2D eigenvalue weighted by atomic mass is 16.7. The lowest BCUT2D eigenvalue weighted by Crippen LogP contribution is -2.51. The Labute approximate surface area is 133 Å². The lowest BCUT2D eigenvalue weighted by molar-refractivity contribution is -0.229. The van der Waals surface area contributed by atoms with E-state index in [0.29, 0.717) is 11.3 Å². The van der Waals surface area contributed by atoms with Crippen molar-refractivity contribution in [3.8, 4) is 5.75 Å². The van der Waals surface area contributed by atoms with E-state index in [2.05, 4.69) is 4.74 Å². The number of methoxy groups -OCH3 is 1. The van der Waals surface area contributed by atoms with Crippen LogP contribution < -0.4 is 4.74 Å². The third kappa shape index (κ3) is 5.15. The Morgan fingerprint density at radius 2 is 1.87 bits per heavy atom. The molecule has 1 fully saturated rings. The summed E-state index contributed by atoms with van der Waals surface area (Å²) in [6.45, 7) is -0.417. The zero-order valence-corrected chi connectivity index (χ0v) is 13.0. The van der Waals surface area contributed by atoms with E-state index >= 15 is 0 Å². The van der Waals surface area contributed by atoms with Gasteiger partial charge in [-0.25, -0.2) is 4.79 Å². The first kappa shape index (κ1) is 19.3. The van der Waals surface area contributed by atoms with Gasteiger partial charge in [-0.3, -0.25) is 0 Å². The molecule has 1 aromatic rings. The van der Waals surface area contributed by atoms with Crippen molar-refractivity contribution in [2.45, 2.75) is 31.0 Å². The molecule has 8 heteroatoms. The number of carbonyl (C=O) groups excluding carboxylic acids is 1. The van der Waals surface area contributed by atoms with Crippen molar-refractivity contribution < 1.29 is 39.4 Å². The van der Waals surface area contributed by atoms with E-state index in [4.69, 9.17) is 19.7 Å². The Bertz CT molecular complexity index is 475. The standard InChI is InChI=1S/C14H18O7.CH4O/c1-19-14(18)8-2-4-9(5-3-8)20-12-6-10(16)13(17)11(7-15)21-12;1-2/h2-5,10-13,15-17H,6-7H2,1H3;2H,1H3/t10-,11?,12-,13+;/m1./s1. The average Bonchev–Trinajstić information content (AvgIpc) is 2.59. The van der Waals surface area contributed by atoms with Gasteiger partial charge in [-0.15, -0.1) is 0 Å². The summed E-state index contributed by atoms with van der Waals surface area (Å²) in [5.41, 5.74) is 0.387. The Kier molecular flexibility index (Phi) is 7.93. The van der Waals surface area contributed by atoms with Crippen LogP contribution in [0, 0.1) is 0 Å². The van der Waals surface area contributed by atoms with Crippen LogP contribution in [0.15, 0.2) is 24.3 Å². The van der Waals surface area contributed by atoms with Crippen LogP contribution in [0.2, 0.25) is 0 Å². The summed E-state index contributed by atoms with van der Waals surface area (Å²) in [4.78, 5) is 11.3. The number of aliphatic hydroxyl groups is 4. The molecule has 1 saturated heterocycles. The maximum Gasteiger partial charge on any atom is 0.337 e. The van der Waals surface area contributed by atoms with E-state index in [-0.39, 0.29) is 6.42 Å². The van der Waals surface area contributed by atoms with E-state index in [1.54, 1.807) is 24.3 Å². The fraction of sp³-hybridized carbons (Fsp3) is 0.533. The molecule has 0 radical (unpaired) electrons.